The first-order valence-corrected chi connectivity index (χ1v) is 12.1. The standard InChI is InChI=1S/C27H22ClNO6S/c1-17-6-9-21(10-7-17)34-13-12-29-25(30)24(36-27(29)32)15-18-8-11-22(33-2)23(14-18)35-26(31)19-4-3-5-20(28)16-19/h3-11,14-16H,12-13H2,1-2H3/b24-15-. The third kappa shape index (κ3) is 6.08. The van der Waals surface area contributed by atoms with Crippen LogP contribution in [0.2, 0.25) is 5.02 Å². The second kappa shape index (κ2) is 11.3. The van der Waals surface area contributed by atoms with E-state index in [2.05, 4.69) is 0 Å². The average Bonchev–Trinajstić information content (AvgIpc) is 3.12. The first-order chi connectivity index (χ1) is 17.3. The van der Waals surface area contributed by atoms with Gasteiger partial charge in [-0.3, -0.25) is 14.5 Å². The van der Waals surface area contributed by atoms with Crippen molar-refractivity contribution in [1.82, 2.24) is 4.90 Å². The van der Waals surface area contributed by atoms with Gasteiger partial charge in [0, 0.05) is 5.02 Å². The molecule has 1 heterocycles. The van der Waals surface area contributed by atoms with Crippen LogP contribution in [0, 0.1) is 6.92 Å². The summed E-state index contributed by atoms with van der Waals surface area (Å²) >= 11 is 6.81. The molecule has 1 saturated heterocycles. The number of rotatable bonds is 8. The summed E-state index contributed by atoms with van der Waals surface area (Å²) in [6.07, 6.45) is 1.57. The summed E-state index contributed by atoms with van der Waals surface area (Å²) in [6, 6.07) is 18.8. The maximum Gasteiger partial charge on any atom is 0.343 e. The Morgan fingerprint density at radius 2 is 1.81 bits per heavy atom. The minimum atomic E-state index is -0.609. The van der Waals surface area contributed by atoms with E-state index in [-0.39, 0.29) is 34.6 Å². The molecule has 0 N–H and O–H groups in total. The third-order valence-electron chi connectivity index (χ3n) is 5.23. The molecule has 0 bridgehead atoms. The maximum absolute atomic E-state index is 12.8. The highest BCUT2D eigenvalue weighted by molar-refractivity contribution is 8.18. The topological polar surface area (TPSA) is 82.1 Å². The van der Waals surface area contributed by atoms with E-state index in [4.69, 9.17) is 25.8 Å². The number of methoxy groups -OCH3 is 1. The van der Waals surface area contributed by atoms with Crippen molar-refractivity contribution in [1.29, 1.82) is 0 Å². The molecule has 0 radical (unpaired) electrons. The summed E-state index contributed by atoms with van der Waals surface area (Å²) in [7, 11) is 1.45. The molecule has 0 atom stereocenters. The first kappa shape index (κ1) is 25.3. The Bertz CT molecular complexity index is 1340. The lowest BCUT2D eigenvalue weighted by atomic mass is 10.1. The lowest BCUT2D eigenvalue weighted by Crippen LogP contribution is -2.32. The number of hydrogen-bond acceptors (Lipinski definition) is 7. The summed E-state index contributed by atoms with van der Waals surface area (Å²) in [5.74, 6) is 0.152. The van der Waals surface area contributed by atoms with Gasteiger partial charge in [-0.15, -0.1) is 0 Å². The van der Waals surface area contributed by atoms with Crippen molar-refractivity contribution in [2.45, 2.75) is 6.92 Å². The zero-order valence-electron chi connectivity index (χ0n) is 19.5. The zero-order valence-corrected chi connectivity index (χ0v) is 21.1. The van der Waals surface area contributed by atoms with Gasteiger partial charge in [-0.25, -0.2) is 4.79 Å². The van der Waals surface area contributed by atoms with Crippen molar-refractivity contribution >= 4 is 46.6 Å². The maximum atomic E-state index is 12.8. The number of imide groups is 1. The Morgan fingerprint density at radius 1 is 1.03 bits per heavy atom. The Hall–Kier alpha value is -3.75. The minimum Gasteiger partial charge on any atom is -0.493 e. The van der Waals surface area contributed by atoms with Gasteiger partial charge >= 0.3 is 5.97 Å². The van der Waals surface area contributed by atoms with Crippen LogP contribution in [0.3, 0.4) is 0 Å². The van der Waals surface area contributed by atoms with E-state index < -0.39 is 11.9 Å². The van der Waals surface area contributed by atoms with E-state index in [1.165, 1.54) is 13.2 Å². The number of ether oxygens (including phenoxy) is 3. The highest BCUT2D eigenvalue weighted by Crippen LogP contribution is 2.35. The van der Waals surface area contributed by atoms with Crippen LogP contribution in [0.15, 0.2) is 71.6 Å². The van der Waals surface area contributed by atoms with Crippen LogP contribution in [-0.2, 0) is 4.79 Å². The SMILES string of the molecule is COc1ccc(/C=C2\SC(=O)N(CCOc3ccc(C)cc3)C2=O)cc1OC(=O)c1cccc(Cl)c1. The fraction of sp³-hybridized carbons (Fsp3) is 0.148. The molecule has 0 spiro atoms. The van der Waals surface area contributed by atoms with Gasteiger partial charge in [0.05, 0.1) is 24.1 Å². The van der Waals surface area contributed by atoms with Crippen molar-refractivity contribution in [3.8, 4) is 17.2 Å². The molecule has 3 aromatic carbocycles. The number of hydrogen-bond donors (Lipinski definition) is 0. The molecule has 2 amide bonds. The second-order valence-corrected chi connectivity index (χ2v) is 9.23. The Morgan fingerprint density at radius 3 is 2.53 bits per heavy atom. The fourth-order valence-corrected chi connectivity index (χ4v) is 4.43. The average molecular weight is 524 g/mol. The Labute approximate surface area is 217 Å². The van der Waals surface area contributed by atoms with E-state index in [1.54, 1.807) is 42.5 Å². The molecule has 1 aliphatic heterocycles. The number of esters is 1. The number of nitrogens with zero attached hydrogens (tertiary/aromatic N) is 1. The van der Waals surface area contributed by atoms with Crippen LogP contribution < -0.4 is 14.2 Å². The molecular weight excluding hydrogens is 502 g/mol. The molecular formula is C27H22ClNO6S. The quantitative estimate of drug-likeness (QED) is 0.204. The molecule has 0 aliphatic carbocycles. The van der Waals surface area contributed by atoms with Gasteiger partial charge in [0.25, 0.3) is 11.1 Å². The van der Waals surface area contributed by atoms with Gasteiger partial charge in [-0.05, 0) is 72.8 Å². The van der Waals surface area contributed by atoms with Gasteiger partial charge in [-0.1, -0.05) is 41.4 Å². The zero-order chi connectivity index (χ0) is 25.7. The summed E-state index contributed by atoms with van der Waals surface area (Å²) in [5.41, 5.74) is 1.95. The number of aryl methyl sites for hydroxylation is 1. The van der Waals surface area contributed by atoms with Gasteiger partial charge in [-0.2, -0.15) is 0 Å². The number of benzene rings is 3. The minimum absolute atomic E-state index is 0.126. The summed E-state index contributed by atoms with van der Waals surface area (Å²) in [5, 5.41) is 0.0324. The smallest absolute Gasteiger partial charge is 0.343 e. The van der Waals surface area contributed by atoms with Gasteiger partial charge in [0.15, 0.2) is 11.5 Å². The van der Waals surface area contributed by atoms with Crippen molar-refractivity contribution in [2.75, 3.05) is 20.3 Å². The lowest BCUT2D eigenvalue weighted by Gasteiger charge is -2.13. The number of carbonyl (C=O) groups excluding carboxylic acids is 3. The molecule has 0 saturated carbocycles. The third-order valence-corrected chi connectivity index (χ3v) is 6.37. The van der Waals surface area contributed by atoms with E-state index >= 15 is 0 Å². The highest BCUT2D eigenvalue weighted by Gasteiger charge is 2.34. The second-order valence-electron chi connectivity index (χ2n) is 7.81. The van der Waals surface area contributed by atoms with Gasteiger partial charge in [0.1, 0.15) is 12.4 Å². The number of amides is 2. The molecule has 7 nitrogen and oxygen atoms in total. The molecule has 4 rings (SSSR count). The van der Waals surface area contributed by atoms with Crippen LogP contribution in [-0.4, -0.2) is 42.3 Å². The molecule has 0 unspecified atom stereocenters. The Kier molecular flexibility index (Phi) is 7.97. The predicted molar refractivity (Wildman–Crippen MR) is 139 cm³/mol. The van der Waals surface area contributed by atoms with Crippen molar-refractivity contribution in [2.24, 2.45) is 0 Å². The first-order valence-electron chi connectivity index (χ1n) is 10.9. The number of halogens is 1. The number of thioether (sulfide) groups is 1. The van der Waals surface area contributed by atoms with E-state index in [9.17, 15) is 14.4 Å². The largest absolute Gasteiger partial charge is 0.493 e. The van der Waals surface area contributed by atoms with E-state index in [1.807, 2.05) is 31.2 Å². The monoisotopic (exact) mass is 523 g/mol. The predicted octanol–water partition coefficient (Wildman–Crippen LogP) is 5.99. The van der Waals surface area contributed by atoms with Crippen LogP contribution in [0.5, 0.6) is 17.2 Å². The summed E-state index contributed by atoms with van der Waals surface area (Å²) in [4.78, 5) is 39.3. The van der Waals surface area contributed by atoms with Crippen LogP contribution in [0.25, 0.3) is 6.08 Å². The molecule has 0 aromatic heterocycles. The summed E-state index contributed by atoms with van der Waals surface area (Å²) < 4.78 is 16.5. The van der Waals surface area contributed by atoms with Crippen LogP contribution in [0.1, 0.15) is 21.5 Å². The lowest BCUT2D eigenvalue weighted by molar-refractivity contribution is -0.123. The van der Waals surface area contributed by atoms with E-state index in [0.29, 0.717) is 22.1 Å². The Balaban J connectivity index is 1.45. The van der Waals surface area contributed by atoms with Crippen molar-refractivity contribution in [3.05, 3.63) is 93.3 Å². The molecule has 1 aliphatic rings. The highest BCUT2D eigenvalue weighted by atomic mass is 35.5. The fourth-order valence-electron chi connectivity index (χ4n) is 3.37. The summed E-state index contributed by atoms with van der Waals surface area (Å²) in [6.45, 7) is 2.28. The molecule has 3 aromatic rings. The van der Waals surface area contributed by atoms with Crippen LogP contribution >= 0.6 is 23.4 Å². The molecule has 1 fully saturated rings. The number of carbonyl (C=O) groups is 3. The van der Waals surface area contributed by atoms with Crippen molar-refractivity contribution < 1.29 is 28.6 Å². The van der Waals surface area contributed by atoms with Crippen molar-refractivity contribution in [3.63, 3.8) is 0 Å². The van der Waals surface area contributed by atoms with Gasteiger partial charge < -0.3 is 14.2 Å². The van der Waals surface area contributed by atoms with Gasteiger partial charge in [0.2, 0.25) is 0 Å². The molecule has 36 heavy (non-hydrogen) atoms. The van der Waals surface area contributed by atoms with E-state index in [0.717, 1.165) is 22.2 Å². The van der Waals surface area contributed by atoms with Crippen LogP contribution in [0.4, 0.5) is 4.79 Å². The molecule has 184 valence electrons. The molecule has 9 heteroatoms. The normalized spacial score (nSPS) is 14.3.